The van der Waals surface area contributed by atoms with Crippen molar-refractivity contribution < 1.29 is 9.53 Å². The van der Waals surface area contributed by atoms with Crippen molar-refractivity contribution in [3.8, 4) is 0 Å². The molecule has 5 heteroatoms. The van der Waals surface area contributed by atoms with E-state index in [1.807, 2.05) is 25.1 Å². The zero-order chi connectivity index (χ0) is 13.1. The number of hydrogen-bond acceptors (Lipinski definition) is 2. The Labute approximate surface area is 120 Å². The van der Waals surface area contributed by atoms with E-state index in [-0.39, 0.29) is 5.91 Å². The van der Waals surface area contributed by atoms with Gasteiger partial charge in [-0.05, 0) is 24.1 Å². The summed E-state index contributed by atoms with van der Waals surface area (Å²) in [6.45, 7) is 4.41. The van der Waals surface area contributed by atoms with Gasteiger partial charge in [-0.3, -0.25) is 4.79 Å². The molecular formula is C13H15BrClNO2. The zero-order valence-corrected chi connectivity index (χ0v) is 12.5. The first-order valence-electron chi connectivity index (χ1n) is 5.86. The standard InChI is InChI=1S/C13H15BrClNO2/c1-9-8-10(2-3-11(9)14)12(15)13(17)16-4-6-18-7-5-16/h2-3,8,12H,4-7H2,1H3. The molecule has 0 aromatic heterocycles. The molecule has 1 aliphatic heterocycles. The van der Waals surface area contributed by atoms with E-state index in [1.165, 1.54) is 0 Å². The van der Waals surface area contributed by atoms with Gasteiger partial charge in [-0.25, -0.2) is 0 Å². The van der Waals surface area contributed by atoms with Crippen LogP contribution in [-0.2, 0) is 9.53 Å². The maximum Gasteiger partial charge on any atom is 0.245 e. The molecule has 2 rings (SSSR count). The molecule has 0 aliphatic carbocycles. The van der Waals surface area contributed by atoms with Crippen LogP contribution in [-0.4, -0.2) is 37.1 Å². The average molecular weight is 333 g/mol. The minimum Gasteiger partial charge on any atom is -0.378 e. The maximum absolute atomic E-state index is 12.2. The lowest BCUT2D eigenvalue weighted by Crippen LogP contribution is -2.42. The van der Waals surface area contributed by atoms with Gasteiger partial charge in [0.1, 0.15) is 5.38 Å². The number of aryl methyl sites for hydroxylation is 1. The number of halogens is 2. The Kier molecular flexibility index (Phi) is 4.65. The highest BCUT2D eigenvalue weighted by atomic mass is 79.9. The van der Waals surface area contributed by atoms with E-state index in [0.29, 0.717) is 26.3 Å². The first-order valence-corrected chi connectivity index (χ1v) is 7.09. The number of carbonyl (C=O) groups is 1. The molecule has 0 spiro atoms. The van der Waals surface area contributed by atoms with Crippen molar-refractivity contribution in [2.24, 2.45) is 0 Å². The molecule has 18 heavy (non-hydrogen) atoms. The van der Waals surface area contributed by atoms with Crippen LogP contribution in [0.2, 0.25) is 0 Å². The smallest absolute Gasteiger partial charge is 0.245 e. The summed E-state index contributed by atoms with van der Waals surface area (Å²) in [5.41, 5.74) is 1.92. The highest BCUT2D eigenvalue weighted by Gasteiger charge is 2.25. The van der Waals surface area contributed by atoms with Gasteiger partial charge in [0.15, 0.2) is 0 Å². The molecule has 1 aliphatic rings. The molecule has 1 amide bonds. The Morgan fingerprint density at radius 1 is 1.44 bits per heavy atom. The molecule has 1 saturated heterocycles. The number of alkyl halides is 1. The third kappa shape index (κ3) is 3.05. The van der Waals surface area contributed by atoms with Gasteiger partial charge >= 0.3 is 0 Å². The van der Waals surface area contributed by atoms with Gasteiger partial charge in [0.2, 0.25) is 5.91 Å². The van der Waals surface area contributed by atoms with Crippen LogP contribution in [0.4, 0.5) is 0 Å². The summed E-state index contributed by atoms with van der Waals surface area (Å²) < 4.78 is 6.25. The van der Waals surface area contributed by atoms with Crippen molar-refractivity contribution >= 4 is 33.4 Å². The second-order valence-electron chi connectivity index (χ2n) is 4.31. The van der Waals surface area contributed by atoms with Gasteiger partial charge in [-0.1, -0.05) is 28.1 Å². The first kappa shape index (κ1) is 13.8. The van der Waals surface area contributed by atoms with Gasteiger partial charge in [0.05, 0.1) is 13.2 Å². The molecular weight excluding hydrogens is 318 g/mol. The Morgan fingerprint density at radius 2 is 2.11 bits per heavy atom. The normalized spacial score (nSPS) is 17.6. The summed E-state index contributed by atoms with van der Waals surface area (Å²) in [5.74, 6) is -0.0401. The van der Waals surface area contributed by atoms with Crippen LogP contribution in [0.1, 0.15) is 16.5 Å². The van der Waals surface area contributed by atoms with Crippen LogP contribution < -0.4 is 0 Å². The van der Waals surface area contributed by atoms with Crippen LogP contribution in [0, 0.1) is 6.92 Å². The minimum absolute atomic E-state index is 0.0401. The predicted octanol–water partition coefficient (Wildman–Crippen LogP) is 2.90. The van der Waals surface area contributed by atoms with Gasteiger partial charge in [0.25, 0.3) is 0 Å². The topological polar surface area (TPSA) is 29.5 Å². The fraction of sp³-hybridized carbons (Fsp3) is 0.462. The molecule has 1 aromatic carbocycles. The number of ether oxygens (including phenoxy) is 1. The van der Waals surface area contributed by atoms with E-state index in [4.69, 9.17) is 16.3 Å². The minimum atomic E-state index is -0.616. The number of nitrogens with zero attached hydrogens (tertiary/aromatic N) is 1. The van der Waals surface area contributed by atoms with Crippen LogP contribution in [0.25, 0.3) is 0 Å². The van der Waals surface area contributed by atoms with E-state index in [9.17, 15) is 4.79 Å². The molecule has 1 atom stereocenters. The quantitative estimate of drug-likeness (QED) is 0.779. The van der Waals surface area contributed by atoms with Crippen molar-refractivity contribution in [1.29, 1.82) is 0 Å². The fourth-order valence-corrected chi connectivity index (χ4v) is 2.43. The van der Waals surface area contributed by atoms with E-state index < -0.39 is 5.38 Å². The molecule has 0 saturated carbocycles. The summed E-state index contributed by atoms with van der Waals surface area (Å²) in [5, 5.41) is -0.616. The van der Waals surface area contributed by atoms with E-state index in [2.05, 4.69) is 15.9 Å². The van der Waals surface area contributed by atoms with E-state index in [1.54, 1.807) is 4.90 Å². The lowest BCUT2D eigenvalue weighted by molar-refractivity contribution is -0.134. The van der Waals surface area contributed by atoms with Crippen molar-refractivity contribution in [2.45, 2.75) is 12.3 Å². The summed E-state index contributed by atoms with van der Waals surface area (Å²) in [6, 6.07) is 5.75. The Morgan fingerprint density at radius 3 is 2.72 bits per heavy atom. The zero-order valence-electron chi connectivity index (χ0n) is 10.2. The van der Waals surface area contributed by atoms with E-state index in [0.717, 1.165) is 15.6 Å². The molecule has 3 nitrogen and oxygen atoms in total. The second kappa shape index (κ2) is 6.04. The Bertz CT molecular complexity index is 447. The van der Waals surface area contributed by atoms with E-state index >= 15 is 0 Å². The van der Waals surface area contributed by atoms with Crippen LogP contribution >= 0.6 is 27.5 Å². The number of morpholine rings is 1. The summed E-state index contributed by atoms with van der Waals surface area (Å²) >= 11 is 9.70. The molecule has 0 radical (unpaired) electrons. The monoisotopic (exact) mass is 331 g/mol. The lowest BCUT2D eigenvalue weighted by Gasteiger charge is -2.28. The maximum atomic E-state index is 12.2. The fourth-order valence-electron chi connectivity index (χ4n) is 1.91. The van der Waals surface area contributed by atoms with Crippen LogP contribution in [0.15, 0.2) is 22.7 Å². The molecule has 98 valence electrons. The molecule has 1 unspecified atom stereocenters. The van der Waals surface area contributed by atoms with Crippen molar-refractivity contribution in [3.63, 3.8) is 0 Å². The molecule has 1 heterocycles. The van der Waals surface area contributed by atoms with Gasteiger partial charge in [-0.15, -0.1) is 11.6 Å². The lowest BCUT2D eigenvalue weighted by atomic mass is 10.1. The van der Waals surface area contributed by atoms with Gasteiger partial charge < -0.3 is 9.64 Å². The number of carbonyl (C=O) groups excluding carboxylic acids is 1. The first-order chi connectivity index (χ1) is 8.59. The van der Waals surface area contributed by atoms with Crippen molar-refractivity contribution in [1.82, 2.24) is 4.90 Å². The Balaban J connectivity index is 2.11. The molecule has 0 bridgehead atoms. The van der Waals surface area contributed by atoms with Gasteiger partial charge in [0, 0.05) is 17.6 Å². The summed E-state index contributed by atoms with van der Waals surface area (Å²) in [4.78, 5) is 14.0. The summed E-state index contributed by atoms with van der Waals surface area (Å²) in [7, 11) is 0. The van der Waals surface area contributed by atoms with Crippen LogP contribution in [0.3, 0.4) is 0 Å². The summed E-state index contributed by atoms with van der Waals surface area (Å²) in [6.07, 6.45) is 0. The SMILES string of the molecule is Cc1cc(C(Cl)C(=O)N2CCOCC2)ccc1Br. The van der Waals surface area contributed by atoms with Crippen molar-refractivity contribution in [2.75, 3.05) is 26.3 Å². The highest BCUT2D eigenvalue weighted by Crippen LogP contribution is 2.27. The van der Waals surface area contributed by atoms with Gasteiger partial charge in [-0.2, -0.15) is 0 Å². The third-order valence-electron chi connectivity index (χ3n) is 3.01. The van der Waals surface area contributed by atoms with Crippen LogP contribution in [0.5, 0.6) is 0 Å². The molecule has 1 aromatic rings. The molecule has 1 fully saturated rings. The molecule has 0 N–H and O–H groups in total. The second-order valence-corrected chi connectivity index (χ2v) is 5.60. The number of rotatable bonds is 2. The Hall–Kier alpha value is -0.580. The number of benzene rings is 1. The predicted molar refractivity (Wildman–Crippen MR) is 74.9 cm³/mol. The average Bonchev–Trinajstić information content (AvgIpc) is 2.41. The number of amides is 1. The van der Waals surface area contributed by atoms with Crippen molar-refractivity contribution in [3.05, 3.63) is 33.8 Å². The number of hydrogen-bond donors (Lipinski definition) is 0. The highest BCUT2D eigenvalue weighted by molar-refractivity contribution is 9.10. The third-order valence-corrected chi connectivity index (χ3v) is 4.34. The largest absolute Gasteiger partial charge is 0.378 e.